The zero-order chi connectivity index (χ0) is 14.3. The van der Waals surface area contributed by atoms with E-state index in [-0.39, 0.29) is 17.6 Å². The SMILES string of the molecule is COc1ccc(C(=O)NCCCCC(N)=O)cc1O. The van der Waals surface area contributed by atoms with Crippen LogP contribution >= 0.6 is 0 Å². The summed E-state index contributed by atoms with van der Waals surface area (Å²) in [4.78, 5) is 22.2. The normalized spacial score (nSPS) is 9.95. The van der Waals surface area contributed by atoms with Crippen molar-refractivity contribution in [2.75, 3.05) is 13.7 Å². The molecule has 6 nitrogen and oxygen atoms in total. The highest BCUT2D eigenvalue weighted by Crippen LogP contribution is 2.25. The number of phenolic OH excluding ortho intramolecular Hbond substituents is 1. The van der Waals surface area contributed by atoms with E-state index in [4.69, 9.17) is 10.5 Å². The summed E-state index contributed by atoms with van der Waals surface area (Å²) in [5.41, 5.74) is 5.36. The van der Waals surface area contributed by atoms with Gasteiger partial charge in [-0.1, -0.05) is 0 Å². The highest BCUT2D eigenvalue weighted by molar-refractivity contribution is 5.94. The molecule has 0 unspecified atom stereocenters. The Bertz CT molecular complexity index is 460. The van der Waals surface area contributed by atoms with E-state index in [1.807, 2.05) is 0 Å². The van der Waals surface area contributed by atoms with Crippen LogP contribution in [0.4, 0.5) is 0 Å². The maximum Gasteiger partial charge on any atom is 0.251 e. The summed E-state index contributed by atoms with van der Waals surface area (Å²) in [5, 5.41) is 12.2. The average molecular weight is 266 g/mol. The molecule has 0 spiro atoms. The van der Waals surface area contributed by atoms with Crippen LogP contribution in [0.15, 0.2) is 18.2 Å². The Morgan fingerprint density at radius 2 is 2.11 bits per heavy atom. The first-order chi connectivity index (χ1) is 9.04. The third kappa shape index (κ3) is 4.87. The Labute approximate surface area is 111 Å². The number of carbonyl (C=O) groups is 2. The Kier molecular flexibility index (Phi) is 5.66. The molecule has 0 heterocycles. The third-order valence-corrected chi connectivity index (χ3v) is 2.58. The fraction of sp³-hybridized carbons (Fsp3) is 0.385. The molecule has 0 aliphatic heterocycles. The van der Waals surface area contributed by atoms with Crippen molar-refractivity contribution in [1.29, 1.82) is 0 Å². The molecular formula is C13H18N2O4. The van der Waals surface area contributed by atoms with Gasteiger partial charge in [-0.2, -0.15) is 0 Å². The predicted molar refractivity (Wildman–Crippen MR) is 70.0 cm³/mol. The maximum absolute atomic E-state index is 11.7. The summed E-state index contributed by atoms with van der Waals surface area (Å²) in [6.45, 7) is 0.457. The molecule has 0 aliphatic carbocycles. The van der Waals surface area contributed by atoms with Crippen LogP contribution in [0.5, 0.6) is 11.5 Å². The molecule has 0 aromatic heterocycles. The van der Waals surface area contributed by atoms with Crippen LogP contribution < -0.4 is 15.8 Å². The quantitative estimate of drug-likeness (QED) is 0.635. The second kappa shape index (κ2) is 7.25. The number of carbonyl (C=O) groups excluding carboxylic acids is 2. The van der Waals surface area contributed by atoms with Crippen LogP contribution in [0.3, 0.4) is 0 Å². The summed E-state index contributed by atoms with van der Waals surface area (Å²) in [7, 11) is 1.44. The first-order valence-electron chi connectivity index (χ1n) is 5.98. The van der Waals surface area contributed by atoms with Gasteiger partial charge in [0.25, 0.3) is 5.91 Å². The van der Waals surface area contributed by atoms with Gasteiger partial charge in [0.15, 0.2) is 11.5 Å². The molecule has 1 aromatic rings. The number of benzene rings is 1. The van der Waals surface area contributed by atoms with Crippen molar-refractivity contribution >= 4 is 11.8 Å². The lowest BCUT2D eigenvalue weighted by Crippen LogP contribution is -2.24. The largest absolute Gasteiger partial charge is 0.504 e. The van der Waals surface area contributed by atoms with E-state index in [2.05, 4.69) is 5.32 Å². The van der Waals surface area contributed by atoms with Gasteiger partial charge in [-0.25, -0.2) is 0 Å². The molecule has 4 N–H and O–H groups in total. The van der Waals surface area contributed by atoms with Gasteiger partial charge in [0.2, 0.25) is 5.91 Å². The number of hydrogen-bond acceptors (Lipinski definition) is 4. The number of hydrogen-bond donors (Lipinski definition) is 3. The van der Waals surface area contributed by atoms with Gasteiger partial charge in [-0.3, -0.25) is 9.59 Å². The number of ether oxygens (including phenoxy) is 1. The molecule has 2 amide bonds. The van der Waals surface area contributed by atoms with Crippen molar-refractivity contribution in [2.24, 2.45) is 5.73 Å². The Balaban J connectivity index is 2.41. The van der Waals surface area contributed by atoms with E-state index in [0.717, 1.165) is 0 Å². The molecular weight excluding hydrogens is 248 g/mol. The number of aromatic hydroxyl groups is 1. The van der Waals surface area contributed by atoms with Gasteiger partial charge in [0.05, 0.1) is 7.11 Å². The van der Waals surface area contributed by atoms with Crippen molar-refractivity contribution in [3.8, 4) is 11.5 Å². The number of phenols is 1. The summed E-state index contributed by atoms with van der Waals surface area (Å²) in [5.74, 6) is -0.384. The lowest BCUT2D eigenvalue weighted by Gasteiger charge is -2.07. The molecule has 0 saturated carbocycles. The van der Waals surface area contributed by atoms with Crippen LogP contribution in [0, 0.1) is 0 Å². The third-order valence-electron chi connectivity index (χ3n) is 2.58. The average Bonchev–Trinajstić information content (AvgIpc) is 2.37. The van der Waals surface area contributed by atoms with Gasteiger partial charge in [-0.05, 0) is 31.0 Å². The van der Waals surface area contributed by atoms with Crippen molar-refractivity contribution in [2.45, 2.75) is 19.3 Å². The molecule has 0 atom stereocenters. The van der Waals surface area contributed by atoms with Gasteiger partial charge in [0, 0.05) is 18.5 Å². The number of rotatable bonds is 7. The van der Waals surface area contributed by atoms with Crippen molar-refractivity contribution < 1.29 is 19.4 Å². The first-order valence-corrected chi connectivity index (χ1v) is 5.98. The van der Waals surface area contributed by atoms with E-state index in [1.54, 1.807) is 6.07 Å². The summed E-state index contributed by atoms with van der Waals surface area (Å²) in [6, 6.07) is 4.44. The van der Waals surface area contributed by atoms with E-state index in [9.17, 15) is 14.7 Å². The van der Waals surface area contributed by atoms with E-state index < -0.39 is 0 Å². The van der Waals surface area contributed by atoms with Crippen LogP contribution in [0.25, 0.3) is 0 Å². The standard InChI is InChI=1S/C13H18N2O4/c1-19-11-6-5-9(8-10(11)16)13(18)15-7-3-2-4-12(14)17/h5-6,8,16H,2-4,7H2,1H3,(H2,14,17)(H,15,18). The van der Waals surface area contributed by atoms with Gasteiger partial charge in [-0.15, -0.1) is 0 Å². The van der Waals surface area contributed by atoms with Gasteiger partial charge in [0.1, 0.15) is 0 Å². The number of unbranched alkanes of at least 4 members (excludes halogenated alkanes) is 1. The minimum atomic E-state index is -0.341. The molecule has 0 bridgehead atoms. The second-order valence-electron chi connectivity index (χ2n) is 4.07. The van der Waals surface area contributed by atoms with Crippen LogP contribution in [0.1, 0.15) is 29.6 Å². The number of nitrogens with two attached hydrogens (primary N) is 1. The molecule has 1 aromatic carbocycles. The number of methoxy groups -OCH3 is 1. The molecule has 104 valence electrons. The zero-order valence-corrected chi connectivity index (χ0v) is 10.8. The monoisotopic (exact) mass is 266 g/mol. The molecule has 0 radical (unpaired) electrons. The zero-order valence-electron chi connectivity index (χ0n) is 10.8. The fourth-order valence-corrected chi connectivity index (χ4v) is 1.56. The fourth-order valence-electron chi connectivity index (χ4n) is 1.56. The summed E-state index contributed by atoms with van der Waals surface area (Å²) < 4.78 is 4.89. The molecule has 0 saturated heterocycles. The molecule has 19 heavy (non-hydrogen) atoms. The van der Waals surface area contributed by atoms with Crippen LogP contribution in [-0.4, -0.2) is 30.6 Å². The van der Waals surface area contributed by atoms with Crippen molar-refractivity contribution in [1.82, 2.24) is 5.32 Å². The number of nitrogens with one attached hydrogen (secondary N) is 1. The Hall–Kier alpha value is -2.24. The van der Waals surface area contributed by atoms with Crippen molar-refractivity contribution in [3.63, 3.8) is 0 Å². The topological polar surface area (TPSA) is 102 Å². The molecule has 0 aliphatic rings. The van der Waals surface area contributed by atoms with E-state index >= 15 is 0 Å². The summed E-state index contributed by atoms with van der Waals surface area (Å²) in [6.07, 6.45) is 1.64. The van der Waals surface area contributed by atoms with Crippen LogP contribution in [0.2, 0.25) is 0 Å². The number of primary amides is 1. The van der Waals surface area contributed by atoms with Gasteiger partial charge < -0.3 is 20.9 Å². The maximum atomic E-state index is 11.7. The first kappa shape index (κ1) is 14.8. The Morgan fingerprint density at radius 3 is 2.68 bits per heavy atom. The van der Waals surface area contributed by atoms with Crippen molar-refractivity contribution in [3.05, 3.63) is 23.8 Å². The van der Waals surface area contributed by atoms with E-state index in [0.29, 0.717) is 37.1 Å². The molecule has 1 rings (SSSR count). The minimum Gasteiger partial charge on any atom is -0.504 e. The predicted octanol–water partition coefficient (Wildman–Crippen LogP) is 0.786. The highest BCUT2D eigenvalue weighted by Gasteiger charge is 2.08. The minimum absolute atomic E-state index is 0.0797. The Morgan fingerprint density at radius 1 is 1.37 bits per heavy atom. The second-order valence-corrected chi connectivity index (χ2v) is 4.07. The van der Waals surface area contributed by atoms with Crippen LogP contribution in [-0.2, 0) is 4.79 Å². The van der Waals surface area contributed by atoms with Gasteiger partial charge >= 0.3 is 0 Å². The molecule has 6 heteroatoms. The lowest BCUT2D eigenvalue weighted by atomic mass is 10.2. The smallest absolute Gasteiger partial charge is 0.251 e. The highest BCUT2D eigenvalue weighted by atomic mass is 16.5. The lowest BCUT2D eigenvalue weighted by molar-refractivity contribution is -0.118. The number of amides is 2. The summed E-state index contributed by atoms with van der Waals surface area (Å²) >= 11 is 0. The van der Waals surface area contributed by atoms with E-state index in [1.165, 1.54) is 19.2 Å². The molecule has 0 fully saturated rings.